The number of rotatable bonds is 6. The summed E-state index contributed by atoms with van der Waals surface area (Å²) in [6, 6.07) is 72.5. The van der Waals surface area contributed by atoms with E-state index in [4.69, 9.17) is 24.4 Å². The average Bonchev–Trinajstić information content (AvgIpc) is 4.14. The summed E-state index contributed by atoms with van der Waals surface area (Å²) in [4.78, 5) is 21.4. The monoisotopic (exact) mass is 872 g/mol. The Morgan fingerprint density at radius 1 is 0.397 bits per heavy atom. The van der Waals surface area contributed by atoms with Gasteiger partial charge in [0.15, 0.2) is 17.2 Å². The van der Waals surface area contributed by atoms with Crippen LogP contribution in [0.1, 0.15) is 25.0 Å². The summed E-state index contributed by atoms with van der Waals surface area (Å²) in [6.45, 7) is 4.61. The van der Waals surface area contributed by atoms with Crippen LogP contribution in [0.3, 0.4) is 0 Å². The maximum Gasteiger partial charge on any atom is 0.238 e. The molecule has 0 unspecified atom stereocenters. The molecular weight excluding hydrogens is 833 g/mol. The number of benzene rings is 9. The highest BCUT2D eigenvalue weighted by molar-refractivity contribution is 6.23. The maximum atomic E-state index is 6.76. The molecule has 0 amide bonds. The summed E-state index contributed by atoms with van der Waals surface area (Å²) in [5.74, 6) is 2.09. The van der Waals surface area contributed by atoms with Crippen molar-refractivity contribution in [3.63, 3.8) is 0 Å². The van der Waals surface area contributed by atoms with Gasteiger partial charge in [-0.2, -0.15) is 9.97 Å². The first-order valence-corrected chi connectivity index (χ1v) is 23.1. The molecule has 4 heterocycles. The number of oxazole rings is 1. The third-order valence-electron chi connectivity index (χ3n) is 14.0. The molecule has 320 valence electrons. The predicted molar refractivity (Wildman–Crippen MR) is 275 cm³/mol. The third kappa shape index (κ3) is 5.66. The number of para-hydroxylation sites is 4. The van der Waals surface area contributed by atoms with Gasteiger partial charge in [-0.25, -0.2) is 9.97 Å². The lowest BCUT2D eigenvalue weighted by molar-refractivity contribution is 0.620. The second-order valence-electron chi connectivity index (χ2n) is 18.2. The molecule has 1 aliphatic rings. The average molecular weight is 873 g/mol. The molecule has 0 radical (unpaired) electrons. The van der Waals surface area contributed by atoms with Crippen molar-refractivity contribution in [3.05, 3.63) is 217 Å². The number of hydrogen-bond acceptors (Lipinski definition) is 5. The zero-order chi connectivity index (χ0) is 45.1. The normalized spacial score (nSPS) is 13.0. The fourth-order valence-corrected chi connectivity index (χ4v) is 10.8. The molecular formula is C61H40N6O. The minimum Gasteiger partial charge on any atom is -0.435 e. The van der Waals surface area contributed by atoms with Gasteiger partial charge in [0.1, 0.15) is 5.52 Å². The largest absolute Gasteiger partial charge is 0.435 e. The van der Waals surface area contributed by atoms with Crippen LogP contribution in [0.2, 0.25) is 0 Å². The van der Waals surface area contributed by atoms with E-state index in [1.807, 2.05) is 24.3 Å². The first-order valence-electron chi connectivity index (χ1n) is 23.1. The summed E-state index contributed by atoms with van der Waals surface area (Å²) >= 11 is 0. The van der Waals surface area contributed by atoms with Crippen LogP contribution in [0.5, 0.6) is 0 Å². The number of nitrogens with zero attached hydrogens (tertiary/aromatic N) is 6. The molecule has 7 nitrogen and oxygen atoms in total. The zero-order valence-electron chi connectivity index (χ0n) is 37.2. The van der Waals surface area contributed by atoms with Crippen molar-refractivity contribution in [1.82, 2.24) is 29.1 Å². The van der Waals surface area contributed by atoms with Gasteiger partial charge in [-0.1, -0.05) is 166 Å². The maximum absolute atomic E-state index is 6.76. The van der Waals surface area contributed by atoms with Crippen LogP contribution < -0.4 is 0 Å². The second kappa shape index (κ2) is 14.5. The fraction of sp³-hybridized carbons (Fsp3) is 0.0492. The molecule has 9 aromatic carbocycles. The van der Waals surface area contributed by atoms with Crippen LogP contribution >= 0.6 is 0 Å². The lowest BCUT2D eigenvalue weighted by atomic mass is 9.82. The van der Waals surface area contributed by atoms with E-state index in [0.717, 1.165) is 77.2 Å². The molecule has 0 spiro atoms. The smallest absolute Gasteiger partial charge is 0.238 e. The molecule has 0 aliphatic heterocycles. The molecule has 1 aliphatic carbocycles. The van der Waals surface area contributed by atoms with Gasteiger partial charge in [-0.15, -0.1) is 0 Å². The molecule has 14 rings (SSSR count). The molecule has 7 heteroatoms. The van der Waals surface area contributed by atoms with E-state index in [9.17, 15) is 0 Å². The van der Waals surface area contributed by atoms with Gasteiger partial charge in [0, 0.05) is 43.8 Å². The zero-order valence-corrected chi connectivity index (χ0v) is 37.2. The van der Waals surface area contributed by atoms with Crippen LogP contribution in [0.25, 0.3) is 123 Å². The van der Waals surface area contributed by atoms with Crippen LogP contribution in [-0.2, 0) is 5.41 Å². The fourth-order valence-electron chi connectivity index (χ4n) is 10.8. The first kappa shape index (κ1) is 38.3. The van der Waals surface area contributed by atoms with E-state index >= 15 is 0 Å². The topological polar surface area (TPSA) is 74.6 Å². The van der Waals surface area contributed by atoms with E-state index < -0.39 is 0 Å². The number of hydrogen-bond donors (Lipinski definition) is 0. The number of aromatic nitrogens is 6. The van der Waals surface area contributed by atoms with E-state index in [2.05, 4.69) is 205 Å². The van der Waals surface area contributed by atoms with Crippen molar-refractivity contribution in [1.29, 1.82) is 0 Å². The summed E-state index contributed by atoms with van der Waals surface area (Å²) in [6.07, 6.45) is 0. The minimum absolute atomic E-state index is 0.217. The lowest BCUT2D eigenvalue weighted by Gasteiger charge is -2.21. The van der Waals surface area contributed by atoms with E-state index in [1.165, 1.54) is 27.6 Å². The van der Waals surface area contributed by atoms with E-state index in [1.54, 1.807) is 0 Å². The Labute approximate surface area is 391 Å². The lowest BCUT2D eigenvalue weighted by Crippen LogP contribution is -2.15. The van der Waals surface area contributed by atoms with Crippen LogP contribution in [0.15, 0.2) is 211 Å². The van der Waals surface area contributed by atoms with Gasteiger partial charge in [-0.05, 0) is 88.0 Å². The van der Waals surface area contributed by atoms with Gasteiger partial charge in [0.05, 0.1) is 27.6 Å². The van der Waals surface area contributed by atoms with Crippen LogP contribution in [0, 0.1) is 0 Å². The molecule has 0 atom stereocenters. The standard InChI is InChI=1S/C61H40N6O/c1-61(2)49-24-12-9-20-42(49)43-33-32-40(36-50(43)61)57-63-58(48-23-15-25-51-56(48)68-59(62-51)39-30-28-38(29-31-39)37-16-5-3-6-17-37)65-60(64-57)67-53-27-14-11-22-45(53)47-35-34-46-44-21-10-13-26-52(44)66(54(46)55(47)67)41-18-7-4-8-19-41/h3-36H,1-2H3. The molecule has 0 saturated carbocycles. The Bertz CT molecular complexity index is 4160. The summed E-state index contributed by atoms with van der Waals surface area (Å²) in [7, 11) is 0. The van der Waals surface area contributed by atoms with E-state index in [0.29, 0.717) is 29.1 Å². The van der Waals surface area contributed by atoms with Gasteiger partial charge >= 0.3 is 0 Å². The van der Waals surface area contributed by atoms with Gasteiger partial charge < -0.3 is 8.98 Å². The Balaban J connectivity index is 1.04. The summed E-state index contributed by atoms with van der Waals surface area (Å²) in [5.41, 5.74) is 16.2. The van der Waals surface area contributed by atoms with Gasteiger partial charge in [-0.3, -0.25) is 4.57 Å². The number of fused-ring (bicyclic) bond motifs is 11. The predicted octanol–water partition coefficient (Wildman–Crippen LogP) is 15.2. The Morgan fingerprint density at radius 3 is 1.74 bits per heavy atom. The SMILES string of the molecule is CC1(C)c2ccccc2-c2ccc(-c3nc(-c4cccc5nc(-c6ccc(-c7ccccc7)cc6)oc45)nc(-n4c5ccccc5c5ccc6c7ccccc7n(-c7ccccc7)c6c54)n3)cc21. The molecule has 0 N–H and O–H groups in total. The van der Waals surface area contributed by atoms with Gasteiger partial charge in [0.2, 0.25) is 11.8 Å². The van der Waals surface area contributed by atoms with Crippen molar-refractivity contribution >= 4 is 54.7 Å². The minimum atomic E-state index is -0.217. The Morgan fingerprint density at radius 2 is 0.971 bits per heavy atom. The molecule has 0 saturated heterocycles. The highest BCUT2D eigenvalue weighted by Crippen LogP contribution is 2.50. The first-order chi connectivity index (χ1) is 33.5. The van der Waals surface area contributed by atoms with Crippen LogP contribution in [0.4, 0.5) is 0 Å². The summed E-state index contributed by atoms with van der Waals surface area (Å²) in [5, 5.41) is 4.53. The van der Waals surface area contributed by atoms with Crippen molar-refractivity contribution in [3.8, 4) is 68.1 Å². The van der Waals surface area contributed by atoms with Gasteiger partial charge in [0.25, 0.3) is 0 Å². The summed E-state index contributed by atoms with van der Waals surface area (Å²) < 4.78 is 11.4. The molecule has 68 heavy (non-hydrogen) atoms. The van der Waals surface area contributed by atoms with Crippen molar-refractivity contribution in [2.45, 2.75) is 19.3 Å². The second-order valence-corrected chi connectivity index (χ2v) is 18.2. The Kier molecular flexibility index (Phi) is 8.19. The van der Waals surface area contributed by atoms with Crippen molar-refractivity contribution in [2.24, 2.45) is 0 Å². The van der Waals surface area contributed by atoms with E-state index in [-0.39, 0.29) is 5.41 Å². The van der Waals surface area contributed by atoms with Crippen LogP contribution in [-0.4, -0.2) is 29.1 Å². The Hall–Kier alpha value is -8.94. The molecule has 0 bridgehead atoms. The molecule has 4 aromatic heterocycles. The van der Waals surface area contributed by atoms with Crippen molar-refractivity contribution < 1.29 is 4.42 Å². The quantitative estimate of drug-likeness (QED) is 0.166. The highest BCUT2D eigenvalue weighted by atomic mass is 16.3. The third-order valence-corrected chi connectivity index (χ3v) is 14.0. The molecule has 0 fully saturated rings. The highest BCUT2D eigenvalue weighted by Gasteiger charge is 2.35. The van der Waals surface area contributed by atoms with Crippen molar-refractivity contribution in [2.75, 3.05) is 0 Å². The molecule has 13 aromatic rings.